The Morgan fingerprint density at radius 3 is 2.53 bits per heavy atom. The van der Waals surface area contributed by atoms with E-state index in [9.17, 15) is 9.90 Å². The second-order valence-corrected chi connectivity index (χ2v) is 5.67. The van der Waals surface area contributed by atoms with Gasteiger partial charge >= 0.3 is 0 Å². The van der Waals surface area contributed by atoms with Crippen molar-refractivity contribution in [3.63, 3.8) is 0 Å². The summed E-state index contributed by atoms with van der Waals surface area (Å²) in [5.41, 5.74) is 1.48. The highest BCUT2D eigenvalue weighted by molar-refractivity contribution is 5.78. The number of hydrogen-bond donors (Lipinski definition) is 1. The van der Waals surface area contributed by atoms with Crippen molar-refractivity contribution >= 4 is 5.91 Å². The zero-order chi connectivity index (χ0) is 14.0. The summed E-state index contributed by atoms with van der Waals surface area (Å²) in [5, 5.41) is 9.84. The first-order chi connectivity index (χ1) is 8.85. The number of aryl methyl sites for hydroxylation is 2. The van der Waals surface area contributed by atoms with Crippen LogP contribution in [0.5, 0.6) is 5.75 Å². The summed E-state index contributed by atoms with van der Waals surface area (Å²) in [4.78, 5) is 13.6. The molecule has 0 spiro atoms. The molecule has 0 aliphatic carbocycles. The first kappa shape index (κ1) is 13.9. The molecule has 104 valence electrons. The normalized spacial score (nSPS) is 22.6. The number of benzene rings is 1. The van der Waals surface area contributed by atoms with Crippen LogP contribution >= 0.6 is 0 Å². The summed E-state index contributed by atoms with van der Waals surface area (Å²) in [6.07, 6.45) is 0.627. The molecule has 0 radical (unpaired) electrons. The van der Waals surface area contributed by atoms with Crippen molar-refractivity contribution in [2.75, 3.05) is 19.7 Å². The highest BCUT2D eigenvalue weighted by atomic mass is 16.5. The van der Waals surface area contributed by atoms with E-state index in [4.69, 9.17) is 4.74 Å². The van der Waals surface area contributed by atoms with Gasteiger partial charge in [0.05, 0.1) is 5.60 Å². The van der Waals surface area contributed by atoms with Crippen molar-refractivity contribution in [1.29, 1.82) is 0 Å². The fourth-order valence-corrected chi connectivity index (χ4v) is 2.41. The van der Waals surface area contributed by atoms with Crippen LogP contribution in [0.25, 0.3) is 0 Å². The molecule has 2 rings (SSSR count). The van der Waals surface area contributed by atoms with E-state index in [2.05, 4.69) is 6.07 Å². The van der Waals surface area contributed by atoms with Crippen molar-refractivity contribution in [2.24, 2.45) is 0 Å². The lowest BCUT2D eigenvalue weighted by Gasteiger charge is -2.19. The predicted octanol–water partition coefficient (Wildman–Crippen LogP) is 1.67. The molecule has 4 heteroatoms. The Labute approximate surface area is 114 Å². The van der Waals surface area contributed by atoms with E-state index in [0.717, 1.165) is 16.9 Å². The molecule has 1 aromatic rings. The third-order valence-electron chi connectivity index (χ3n) is 3.36. The van der Waals surface area contributed by atoms with E-state index in [1.54, 1.807) is 11.8 Å². The van der Waals surface area contributed by atoms with Gasteiger partial charge in [0, 0.05) is 13.1 Å². The number of nitrogens with zero attached hydrogens (tertiary/aromatic N) is 1. The Morgan fingerprint density at radius 2 is 2.00 bits per heavy atom. The van der Waals surface area contributed by atoms with Gasteiger partial charge in [-0.15, -0.1) is 0 Å². The summed E-state index contributed by atoms with van der Waals surface area (Å²) in [6, 6.07) is 5.90. The van der Waals surface area contributed by atoms with Crippen LogP contribution in [0.2, 0.25) is 0 Å². The van der Waals surface area contributed by atoms with Gasteiger partial charge in [-0.3, -0.25) is 4.79 Å². The van der Waals surface area contributed by atoms with E-state index in [1.165, 1.54) is 0 Å². The Balaban J connectivity index is 1.90. The van der Waals surface area contributed by atoms with Crippen molar-refractivity contribution in [3.05, 3.63) is 29.3 Å². The van der Waals surface area contributed by atoms with E-state index in [0.29, 0.717) is 19.5 Å². The maximum absolute atomic E-state index is 12.0. The average molecular weight is 263 g/mol. The number of likely N-dealkylation sites (tertiary alicyclic amines) is 1. The average Bonchev–Trinajstić information content (AvgIpc) is 2.65. The van der Waals surface area contributed by atoms with Gasteiger partial charge in [0.15, 0.2) is 6.61 Å². The molecule has 1 aliphatic heterocycles. The Hall–Kier alpha value is -1.55. The summed E-state index contributed by atoms with van der Waals surface area (Å²) in [7, 11) is 0. The molecule has 1 N–H and O–H groups in total. The molecule has 0 bridgehead atoms. The van der Waals surface area contributed by atoms with Crippen LogP contribution in [0.3, 0.4) is 0 Å². The minimum absolute atomic E-state index is 0.0268. The molecule has 1 aliphatic rings. The number of rotatable bonds is 3. The van der Waals surface area contributed by atoms with Crippen LogP contribution in [-0.2, 0) is 4.79 Å². The van der Waals surface area contributed by atoms with Crippen LogP contribution in [0.15, 0.2) is 18.2 Å². The molecule has 0 aromatic heterocycles. The fourth-order valence-electron chi connectivity index (χ4n) is 2.41. The number of carbonyl (C=O) groups excluding carboxylic acids is 1. The number of hydrogen-bond acceptors (Lipinski definition) is 3. The lowest BCUT2D eigenvalue weighted by Crippen LogP contribution is -2.36. The van der Waals surface area contributed by atoms with Crippen LogP contribution in [-0.4, -0.2) is 41.2 Å². The molecular weight excluding hydrogens is 242 g/mol. The van der Waals surface area contributed by atoms with Crippen LogP contribution in [0.4, 0.5) is 0 Å². The molecule has 1 saturated heterocycles. The van der Waals surface area contributed by atoms with E-state index < -0.39 is 5.60 Å². The molecule has 1 aromatic carbocycles. The quantitative estimate of drug-likeness (QED) is 0.902. The zero-order valence-electron chi connectivity index (χ0n) is 11.8. The minimum Gasteiger partial charge on any atom is -0.484 e. The molecule has 4 nitrogen and oxygen atoms in total. The van der Waals surface area contributed by atoms with E-state index >= 15 is 0 Å². The standard InChI is InChI=1S/C15H21NO3/c1-11-6-12(2)8-13(7-11)19-9-14(17)16-5-4-15(3,18)10-16/h6-8,18H,4-5,9-10H2,1-3H3. The van der Waals surface area contributed by atoms with Crippen molar-refractivity contribution in [1.82, 2.24) is 4.90 Å². The number of β-amino-alcohol motifs (C(OH)–C–C–N with tert-alkyl or cyclic N) is 1. The monoisotopic (exact) mass is 263 g/mol. The zero-order valence-corrected chi connectivity index (χ0v) is 11.8. The Morgan fingerprint density at radius 1 is 1.37 bits per heavy atom. The maximum atomic E-state index is 12.0. The van der Waals surface area contributed by atoms with Gasteiger partial charge in [0.1, 0.15) is 5.75 Å². The van der Waals surface area contributed by atoms with Gasteiger partial charge < -0.3 is 14.7 Å². The maximum Gasteiger partial charge on any atom is 0.260 e. The largest absolute Gasteiger partial charge is 0.484 e. The van der Waals surface area contributed by atoms with E-state index in [1.807, 2.05) is 26.0 Å². The molecule has 1 amide bonds. The number of ether oxygens (including phenoxy) is 1. The highest BCUT2D eigenvalue weighted by Gasteiger charge is 2.33. The number of amides is 1. The molecule has 0 saturated carbocycles. The number of aliphatic hydroxyl groups is 1. The summed E-state index contributed by atoms with van der Waals surface area (Å²) >= 11 is 0. The molecule has 19 heavy (non-hydrogen) atoms. The Kier molecular flexibility index (Phi) is 3.80. The molecular formula is C15H21NO3. The molecule has 1 fully saturated rings. The first-order valence-electron chi connectivity index (χ1n) is 6.57. The second kappa shape index (κ2) is 5.21. The van der Waals surface area contributed by atoms with E-state index in [-0.39, 0.29) is 12.5 Å². The third kappa shape index (κ3) is 3.70. The first-order valence-corrected chi connectivity index (χ1v) is 6.57. The summed E-state index contributed by atoms with van der Waals surface area (Å²) in [6.45, 7) is 6.77. The molecule has 1 heterocycles. The van der Waals surface area contributed by atoms with Gasteiger partial charge in [-0.25, -0.2) is 0 Å². The highest BCUT2D eigenvalue weighted by Crippen LogP contribution is 2.21. The molecule has 1 unspecified atom stereocenters. The van der Waals surface area contributed by atoms with Gasteiger partial charge in [-0.1, -0.05) is 6.07 Å². The SMILES string of the molecule is Cc1cc(C)cc(OCC(=O)N2CCC(C)(O)C2)c1. The number of carbonyl (C=O) groups is 1. The van der Waals surface area contributed by atoms with Gasteiger partial charge in [-0.05, 0) is 50.5 Å². The van der Waals surface area contributed by atoms with Crippen LogP contribution in [0, 0.1) is 13.8 Å². The molecule has 1 atom stereocenters. The van der Waals surface area contributed by atoms with Gasteiger partial charge in [0.2, 0.25) is 0 Å². The Bertz CT molecular complexity index is 462. The smallest absolute Gasteiger partial charge is 0.260 e. The summed E-state index contributed by atoms with van der Waals surface area (Å²) in [5.74, 6) is 0.647. The lowest BCUT2D eigenvalue weighted by molar-refractivity contribution is -0.133. The second-order valence-electron chi connectivity index (χ2n) is 5.67. The lowest BCUT2D eigenvalue weighted by atomic mass is 10.1. The van der Waals surface area contributed by atoms with Crippen molar-refractivity contribution in [3.8, 4) is 5.75 Å². The minimum atomic E-state index is -0.754. The van der Waals surface area contributed by atoms with Crippen LogP contribution < -0.4 is 4.74 Å². The fraction of sp³-hybridized carbons (Fsp3) is 0.533. The topological polar surface area (TPSA) is 49.8 Å². The van der Waals surface area contributed by atoms with Crippen LogP contribution in [0.1, 0.15) is 24.5 Å². The third-order valence-corrected chi connectivity index (χ3v) is 3.36. The predicted molar refractivity (Wildman–Crippen MR) is 73.2 cm³/mol. The van der Waals surface area contributed by atoms with Gasteiger partial charge in [0.25, 0.3) is 5.91 Å². The van der Waals surface area contributed by atoms with Gasteiger partial charge in [-0.2, -0.15) is 0 Å². The van der Waals surface area contributed by atoms with Crippen molar-refractivity contribution in [2.45, 2.75) is 32.8 Å². The van der Waals surface area contributed by atoms with Crippen molar-refractivity contribution < 1.29 is 14.6 Å². The summed E-state index contributed by atoms with van der Waals surface area (Å²) < 4.78 is 5.54.